The molecule has 0 aromatic heterocycles. The Balaban J connectivity index is 0.000000472. The van der Waals surface area contributed by atoms with E-state index in [0.29, 0.717) is 0 Å². The number of rotatable bonds is 6. The summed E-state index contributed by atoms with van der Waals surface area (Å²) < 4.78 is 58.9. The molecule has 0 aromatic rings. The van der Waals surface area contributed by atoms with Crippen LogP contribution in [0.4, 0.5) is 13.2 Å². The zero-order chi connectivity index (χ0) is 17.2. The molecule has 2 atom stereocenters. The van der Waals surface area contributed by atoms with E-state index in [1.165, 1.54) is 64.6 Å². The van der Waals surface area contributed by atoms with Crippen molar-refractivity contribution in [1.82, 2.24) is 0 Å². The quantitative estimate of drug-likeness (QED) is 0.456. The first-order chi connectivity index (χ1) is 10.1. The van der Waals surface area contributed by atoms with Crippen LogP contribution in [0, 0.1) is 5.92 Å². The van der Waals surface area contributed by atoms with E-state index in [1.807, 2.05) is 4.90 Å². The highest BCUT2D eigenvalue weighted by molar-refractivity contribution is 7.86. The van der Waals surface area contributed by atoms with E-state index in [1.54, 1.807) is 0 Å². The maximum atomic E-state index is 10.7. The Morgan fingerprint density at radius 3 is 2.18 bits per heavy atom. The summed E-state index contributed by atoms with van der Waals surface area (Å²) >= 11 is 0. The van der Waals surface area contributed by atoms with Gasteiger partial charge in [-0.05, 0) is 25.7 Å². The molecule has 22 heavy (non-hydrogen) atoms. The third kappa shape index (κ3) is 10.4. The molecule has 1 rings (SSSR count). The predicted molar refractivity (Wildman–Crippen MR) is 78.5 cm³/mol. The van der Waals surface area contributed by atoms with Crippen molar-refractivity contribution in [3.05, 3.63) is 0 Å². The number of nitrogens with one attached hydrogen (secondary N) is 1. The molecule has 0 bridgehead atoms. The molecule has 2 unspecified atom stereocenters. The largest absolute Gasteiger partial charge is 0.741 e. The molecule has 4 nitrogen and oxygen atoms in total. The summed E-state index contributed by atoms with van der Waals surface area (Å²) in [6.07, 6.45) is 10.1. The van der Waals surface area contributed by atoms with Gasteiger partial charge in [-0.15, -0.1) is 0 Å². The van der Waals surface area contributed by atoms with Gasteiger partial charge in [0.15, 0.2) is 10.1 Å². The normalized spacial score (nSPS) is 22.8. The summed E-state index contributed by atoms with van der Waals surface area (Å²) in [4.78, 5) is 1.88. The molecule has 134 valence electrons. The fourth-order valence-corrected chi connectivity index (χ4v) is 2.60. The third-order valence-electron chi connectivity index (χ3n) is 3.78. The minimum atomic E-state index is -6.09. The Morgan fingerprint density at radius 2 is 1.73 bits per heavy atom. The van der Waals surface area contributed by atoms with Crippen LogP contribution in [0.3, 0.4) is 0 Å². The van der Waals surface area contributed by atoms with Gasteiger partial charge in [-0.3, -0.25) is 0 Å². The summed E-state index contributed by atoms with van der Waals surface area (Å²) in [6.45, 7) is 9.02. The molecule has 0 spiro atoms. The number of alkyl halides is 3. The lowest BCUT2D eigenvalue weighted by Crippen LogP contribution is -3.13. The van der Waals surface area contributed by atoms with Crippen molar-refractivity contribution < 1.29 is 31.0 Å². The lowest BCUT2D eigenvalue weighted by molar-refractivity contribution is -0.908. The zero-order valence-corrected chi connectivity index (χ0v) is 14.2. The topological polar surface area (TPSA) is 61.6 Å². The third-order valence-corrected chi connectivity index (χ3v) is 4.35. The monoisotopic (exact) mass is 347 g/mol. The van der Waals surface area contributed by atoms with Crippen molar-refractivity contribution in [1.29, 1.82) is 0 Å². The number of halogens is 3. The predicted octanol–water partition coefficient (Wildman–Crippen LogP) is 2.32. The molecular formula is C14H28F3NO3S. The minimum absolute atomic E-state index is 0.981. The van der Waals surface area contributed by atoms with Gasteiger partial charge < -0.3 is 9.45 Å². The Kier molecular flexibility index (Phi) is 10.3. The summed E-state index contributed by atoms with van der Waals surface area (Å²) in [5.74, 6) is 0.981. The highest BCUT2D eigenvalue weighted by Crippen LogP contribution is 2.20. The van der Waals surface area contributed by atoms with E-state index in [9.17, 15) is 13.2 Å². The Labute approximate surface area is 131 Å². The van der Waals surface area contributed by atoms with Gasteiger partial charge in [-0.25, -0.2) is 8.42 Å². The molecule has 1 heterocycles. The molecule has 8 heteroatoms. The molecule has 1 N–H and O–H groups in total. The molecule has 0 saturated carbocycles. The van der Waals surface area contributed by atoms with Gasteiger partial charge in [-0.1, -0.05) is 33.1 Å². The maximum Gasteiger partial charge on any atom is 0.485 e. The maximum absolute atomic E-state index is 10.7. The summed E-state index contributed by atoms with van der Waals surface area (Å²) in [5.41, 5.74) is -5.65. The van der Waals surface area contributed by atoms with E-state index >= 15 is 0 Å². The van der Waals surface area contributed by atoms with Crippen LogP contribution in [0.5, 0.6) is 0 Å². The van der Waals surface area contributed by atoms with Crippen molar-refractivity contribution >= 4 is 10.1 Å². The van der Waals surface area contributed by atoms with E-state index < -0.39 is 15.6 Å². The molecule has 0 aromatic carbocycles. The molecule has 1 aliphatic heterocycles. The number of piperidine rings is 1. The summed E-state index contributed by atoms with van der Waals surface area (Å²) in [6, 6.07) is 0. The molecular weight excluding hydrogens is 319 g/mol. The second kappa shape index (κ2) is 10.4. The molecule has 1 aliphatic rings. The first kappa shape index (κ1) is 21.7. The van der Waals surface area contributed by atoms with Crippen molar-refractivity contribution in [3.63, 3.8) is 0 Å². The van der Waals surface area contributed by atoms with Gasteiger partial charge in [0.2, 0.25) is 0 Å². The van der Waals surface area contributed by atoms with Gasteiger partial charge in [0.05, 0.1) is 19.6 Å². The second-order valence-corrected chi connectivity index (χ2v) is 7.39. The van der Waals surface area contributed by atoms with Crippen molar-refractivity contribution in [2.45, 2.75) is 64.3 Å². The van der Waals surface area contributed by atoms with Gasteiger partial charge in [0, 0.05) is 5.92 Å². The number of quaternary nitrogens is 1. The van der Waals surface area contributed by atoms with Crippen LogP contribution in [0.25, 0.3) is 0 Å². The van der Waals surface area contributed by atoms with E-state index in [4.69, 9.17) is 13.0 Å². The standard InChI is InChI=1S/C13H27N.CHF3O3S/c1-3-4-5-6-7-10-14-11-8-9-13(2)12-14;2-1(3,4)8(5,6)7/h13H,3-12H2,1-2H3;(H,5,6,7). The Bertz CT molecular complexity index is 385. The number of hydrogen-bond donors (Lipinski definition) is 1. The van der Waals surface area contributed by atoms with Crippen LogP contribution >= 0.6 is 0 Å². The van der Waals surface area contributed by atoms with Crippen LogP contribution in [0.1, 0.15) is 58.8 Å². The van der Waals surface area contributed by atoms with Gasteiger partial charge in [0.1, 0.15) is 0 Å². The molecule has 0 aliphatic carbocycles. The lowest BCUT2D eigenvalue weighted by Gasteiger charge is -2.27. The molecule has 0 radical (unpaired) electrons. The van der Waals surface area contributed by atoms with Gasteiger partial charge >= 0.3 is 5.51 Å². The van der Waals surface area contributed by atoms with E-state index in [2.05, 4.69) is 13.8 Å². The Morgan fingerprint density at radius 1 is 1.18 bits per heavy atom. The van der Waals surface area contributed by atoms with Crippen LogP contribution in [-0.4, -0.2) is 38.1 Å². The van der Waals surface area contributed by atoms with E-state index in [-0.39, 0.29) is 0 Å². The molecule has 1 saturated heterocycles. The fraction of sp³-hybridized carbons (Fsp3) is 1.00. The average Bonchev–Trinajstić information content (AvgIpc) is 2.37. The Hall–Kier alpha value is -0.340. The van der Waals surface area contributed by atoms with Crippen LogP contribution in [0.15, 0.2) is 0 Å². The zero-order valence-electron chi connectivity index (χ0n) is 13.4. The molecule has 0 amide bonds. The number of likely N-dealkylation sites (tertiary alicyclic amines) is 1. The number of hydrogen-bond acceptors (Lipinski definition) is 3. The smallest absolute Gasteiger partial charge is 0.485 e. The van der Waals surface area contributed by atoms with Crippen molar-refractivity contribution in [3.8, 4) is 0 Å². The highest BCUT2D eigenvalue weighted by Gasteiger charge is 2.36. The number of unbranched alkanes of at least 4 members (excludes halogenated alkanes) is 4. The van der Waals surface area contributed by atoms with Crippen molar-refractivity contribution in [2.75, 3.05) is 19.6 Å². The first-order valence-corrected chi connectivity index (χ1v) is 9.34. The van der Waals surface area contributed by atoms with E-state index in [0.717, 1.165) is 5.92 Å². The van der Waals surface area contributed by atoms with Gasteiger partial charge in [-0.2, -0.15) is 13.2 Å². The van der Waals surface area contributed by atoms with Crippen LogP contribution < -0.4 is 4.90 Å². The minimum Gasteiger partial charge on any atom is -0.741 e. The SMILES string of the molecule is CCCCCCC[NH+]1CCCC(C)C1.O=S(=O)([O-])C(F)(F)F. The summed E-state index contributed by atoms with van der Waals surface area (Å²) in [5, 5.41) is 0. The molecule has 1 fully saturated rings. The first-order valence-electron chi connectivity index (χ1n) is 7.93. The highest BCUT2D eigenvalue weighted by atomic mass is 32.2. The van der Waals surface area contributed by atoms with Gasteiger partial charge in [0.25, 0.3) is 0 Å². The average molecular weight is 347 g/mol. The second-order valence-electron chi connectivity index (χ2n) is 6.02. The fourth-order valence-electron chi connectivity index (χ4n) is 2.60. The van der Waals surface area contributed by atoms with Crippen LogP contribution in [-0.2, 0) is 10.1 Å². The lowest BCUT2D eigenvalue weighted by atomic mass is 10.00. The van der Waals surface area contributed by atoms with Crippen molar-refractivity contribution in [2.24, 2.45) is 5.92 Å². The van der Waals surface area contributed by atoms with Crippen LogP contribution in [0.2, 0.25) is 0 Å². The summed E-state index contributed by atoms with van der Waals surface area (Å²) in [7, 11) is -6.09.